The number of amidine groups is 3. The molecular weight excluding hydrogens is 984 g/mol. The number of amides is 2. The third kappa shape index (κ3) is 9.93. The average molecular weight is 1040 g/mol. The lowest BCUT2D eigenvalue weighted by Gasteiger charge is -2.25. The molecule has 396 valence electrons. The Hall–Kier alpha value is -5.63. The van der Waals surface area contributed by atoms with Crippen LogP contribution in [0.4, 0.5) is 0 Å². The summed E-state index contributed by atoms with van der Waals surface area (Å²) in [4.78, 5) is 61.6. The maximum atomic E-state index is 11.6. The summed E-state index contributed by atoms with van der Waals surface area (Å²) in [7, 11) is 0. The molecule has 0 radical (unpaired) electrons. The Labute approximate surface area is 415 Å². The monoisotopic (exact) mass is 1040 g/mol. The van der Waals surface area contributed by atoms with Crippen molar-refractivity contribution in [1.29, 1.82) is 5.41 Å². The van der Waals surface area contributed by atoms with E-state index in [1.807, 2.05) is 0 Å². The van der Waals surface area contributed by atoms with Crippen LogP contribution in [0, 0.1) is 18.3 Å². The molecule has 29 heteroatoms. The van der Waals surface area contributed by atoms with Crippen molar-refractivity contribution in [2.75, 3.05) is 52.7 Å². The average Bonchev–Trinajstić information content (AvgIpc) is 4.23. The second-order valence-electron chi connectivity index (χ2n) is 17.8. The number of ether oxygens (including phenoxy) is 8. The zero-order chi connectivity index (χ0) is 51.3. The zero-order valence-corrected chi connectivity index (χ0v) is 39.6. The maximum absolute atomic E-state index is 11.6. The van der Waals surface area contributed by atoms with Crippen LogP contribution in [-0.2, 0) is 47.5 Å². The van der Waals surface area contributed by atoms with E-state index < -0.39 is 104 Å². The second kappa shape index (κ2) is 21.8. The highest BCUT2D eigenvalue weighted by Crippen LogP contribution is 2.40. The van der Waals surface area contributed by atoms with E-state index >= 15 is 0 Å². The molecule has 6 saturated heterocycles. The lowest BCUT2D eigenvalue weighted by molar-refractivity contribution is -0.138. The lowest BCUT2D eigenvalue weighted by atomic mass is 10.1. The number of rotatable bonds is 8. The molecule has 0 bridgehead atoms. The molecule has 28 nitrogen and oxygen atoms in total. The number of nitrogens with one attached hydrogen (secondary N) is 1. The molecule has 0 unspecified atom stereocenters. The number of halogens is 1. The first-order valence-corrected chi connectivity index (χ1v) is 22.6. The van der Waals surface area contributed by atoms with Crippen LogP contribution in [0.5, 0.6) is 6.01 Å². The number of hydrogen-bond acceptors (Lipinski definition) is 24. The Morgan fingerprint density at radius 3 is 1.71 bits per heavy atom. The maximum Gasteiger partial charge on any atom is 0.335 e. The molecule has 2 amide bonds. The lowest BCUT2D eigenvalue weighted by Crippen LogP contribution is -2.41. The van der Waals surface area contributed by atoms with Crippen molar-refractivity contribution in [3.63, 3.8) is 0 Å². The smallest absolute Gasteiger partial charge is 0.335 e. The van der Waals surface area contributed by atoms with E-state index in [1.165, 1.54) is 0 Å². The molecule has 7 fully saturated rings. The van der Waals surface area contributed by atoms with Crippen molar-refractivity contribution in [3.05, 3.63) is 58.6 Å². The largest absolute Gasteiger partial charge is 0.463 e. The van der Waals surface area contributed by atoms with Crippen molar-refractivity contribution in [1.82, 2.24) is 24.3 Å². The summed E-state index contributed by atoms with van der Waals surface area (Å²) >= 11 is 0. The number of aliphatic hydroxyl groups excluding tert-OH is 8. The molecule has 1 saturated carbocycles. The van der Waals surface area contributed by atoms with Gasteiger partial charge in [-0.3, -0.25) is 34.2 Å². The van der Waals surface area contributed by atoms with Crippen LogP contribution in [0.25, 0.3) is 0 Å². The highest BCUT2D eigenvalue weighted by molar-refractivity contribution is 6.04. The quantitative estimate of drug-likeness (QED) is 0.0869. The number of aliphatic hydroxyl groups is 8. The van der Waals surface area contributed by atoms with Crippen LogP contribution >= 0.6 is 12.4 Å². The second-order valence-corrected chi connectivity index (χ2v) is 17.8. The first kappa shape index (κ1) is 54.2. The molecule has 11 rings (SSSR count). The van der Waals surface area contributed by atoms with Gasteiger partial charge in [-0.15, -0.1) is 12.4 Å². The highest BCUT2D eigenvalue weighted by Gasteiger charge is 2.57. The van der Waals surface area contributed by atoms with Gasteiger partial charge < -0.3 is 83.6 Å². The van der Waals surface area contributed by atoms with Gasteiger partial charge in [-0.2, -0.15) is 15.0 Å². The predicted octanol–water partition coefficient (Wildman–Crippen LogP) is -5.10. The van der Waals surface area contributed by atoms with Crippen LogP contribution in [0.15, 0.2) is 57.4 Å². The SMILES string of the molecule is C=C(CN1C(=N)O[C@@H]2[C@@H](O)[C@H](CO)C[C@@H]21)C(=O)OCC.C=C1CN2C(=NC1=O)O[C@@H]1[C@@H](O)[C@H](CO)O[C@@H]12.C=C1CN2C(=NC1=O)O[C@@H]1[C@@H](O)[C@H](CO)O[C@@H]12.Cc1cn2c(nc1=O)O[C@@H]1[C@@H](O)[C@H](CO)O[C@@H]12.Cl. The fraction of sp³-hybridized carbons (Fsp3) is 0.628. The summed E-state index contributed by atoms with van der Waals surface area (Å²) in [6.45, 7) is 14.2. The molecule has 16 atom stereocenters. The van der Waals surface area contributed by atoms with Crippen LogP contribution in [0.3, 0.4) is 0 Å². The number of carbonyl (C=O) groups excluding carboxylic acids is 3. The standard InChI is InChI=1S/C13H20N2O5.3C10H12N2O5.ClH/c1-3-19-12(18)7(2)5-15-9-4-8(6-16)10(17)11(9)20-13(15)14;3*1-4-2-12-9-7(6(14)5(3-13)16-9)17-10(12)11-8(4)15;/h8-11,14,16-17H,2-6H2,1H3;2,5-7,9,13-14H,3H2,1H3;2*5-7,9,13-14H,1-3H2;1H/t8-,9-,10-,11-;3*5-,6-,7+,9-;/m0000./s1. The van der Waals surface area contributed by atoms with Gasteiger partial charge in [0.1, 0.15) is 42.7 Å². The van der Waals surface area contributed by atoms with Gasteiger partial charge in [-0.05, 0) is 20.3 Å². The molecular formula is C43H57ClN8O20. The molecule has 0 aromatic carbocycles. The van der Waals surface area contributed by atoms with Crippen molar-refractivity contribution in [3.8, 4) is 6.01 Å². The van der Waals surface area contributed by atoms with Gasteiger partial charge in [-0.1, -0.05) is 19.7 Å². The minimum absolute atomic E-state index is 0. The molecule has 9 N–H and O–H groups in total. The van der Waals surface area contributed by atoms with E-state index in [1.54, 1.807) is 39.3 Å². The van der Waals surface area contributed by atoms with Crippen LogP contribution in [0.2, 0.25) is 0 Å². The topological polar surface area (TPSA) is 380 Å². The van der Waals surface area contributed by atoms with Gasteiger partial charge in [0.25, 0.3) is 35.4 Å². The van der Waals surface area contributed by atoms with E-state index in [-0.39, 0.29) is 112 Å². The molecule has 10 aliphatic rings. The molecule has 9 aliphatic heterocycles. The van der Waals surface area contributed by atoms with Gasteiger partial charge in [0.15, 0.2) is 37.0 Å². The Balaban J connectivity index is 0.000000140. The number of aliphatic imine (C=N–C) groups is 2. The summed E-state index contributed by atoms with van der Waals surface area (Å²) < 4.78 is 44.3. The van der Waals surface area contributed by atoms with E-state index in [0.29, 0.717) is 23.1 Å². The Bertz CT molecular complexity index is 2360. The Morgan fingerprint density at radius 2 is 1.24 bits per heavy atom. The third-order valence-corrected chi connectivity index (χ3v) is 13.2. The first-order chi connectivity index (χ1) is 33.8. The fourth-order valence-electron chi connectivity index (χ4n) is 9.38. The molecule has 0 spiro atoms. The predicted molar refractivity (Wildman–Crippen MR) is 242 cm³/mol. The van der Waals surface area contributed by atoms with Crippen molar-refractivity contribution < 1.29 is 93.1 Å². The van der Waals surface area contributed by atoms with Crippen LogP contribution < -0.4 is 10.3 Å². The summed E-state index contributed by atoms with van der Waals surface area (Å²) in [6, 6.07) is 0.161. The third-order valence-electron chi connectivity index (χ3n) is 13.2. The molecule has 1 aromatic rings. The summed E-state index contributed by atoms with van der Waals surface area (Å²) in [5.74, 6) is -1.59. The number of hydrogen-bond donors (Lipinski definition) is 9. The zero-order valence-electron chi connectivity index (χ0n) is 38.8. The fourth-order valence-corrected chi connectivity index (χ4v) is 9.38. The molecule has 72 heavy (non-hydrogen) atoms. The summed E-state index contributed by atoms with van der Waals surface area (Å²) in [6.07, 6.45) is -7.47. The molecule has 1 aliphatic carbocycles. The van der Waals surface area contributed by atoms with Crippen molar-refractivity contribution in [2.45, 2.75) is 112 Å². The van der Waals surface area contributed by atoms with Gasteiger partial charge in [0.2, 0.25) is 0 Å². The van der Waals surface area contributed by atoms with E-state index in [0.717, 1.165) is 0 Å². The van der Waals surface area contributed by atoms with Gasteiger partial charge >= 0.3 is 12.0 Å². The van der Waals surface area contributed by atoms with E-state index in [9.17, 15) is 44.7 Å². The summed E-state index contributed by atoms with van der Waals surface area (Å²) in [5.41, 5.74) is 1.06. The number of fused-ring (bicyclic) bond motifs is 10. The number of nitrogens with zero attached hydrogens (tertiary/aromatic N) is 7. The molecule has 10 heterocycles. The van der Waals surface area contributed by atoms with Gasteiger partial charge in [0, 0.05) is 41.0 Å². The minimum atomic E-state index is -0.929. The highest BCUT2D eigenvalue weighted by atomic mass is 35.5. The van der Waals surface area contributed by atoms with Crippen molar-refractivity contribution in [2.24, 2.45) is 15.9 Å². The number of aryl methyl sites for hydroxylation is 1. The minimum Gasteiger partial charge on any atom is -0.463 e. The summed E-state index contributed by atoms with van der Waals surface area (Å²) in [5, 5.41) is 83.6. The van der Waals surface area contributed by atoms with Crippen molar-refractivity contribution >= 4 is 48.3 Å². The molecule has 1 aromatic heterocycles. The Morgan fingerprint density at radius 1 is 0.750 bits per heavy atom. The van der Waals surface area contributed by atoms with Crippen LogP contribution in [-0.4, -0.2) is 239 Å². The first-order valence-electron chi connectivity index (χ1n) is 22.6. The number of carbonyl (C=O) groups is 3. The van der Waals surface area contributed by atoms with E-state index in [2.05, 4.69) is 34.7 Å². The van der Waals surface area contributed by atoms with Crippen LogP contribution in [0.1, 0.15) is 25.1 Å². The number of aromatic nitrogens is 2. The Kier molecular flexibility index (Phi) is 16.4. The van der Waals surface area contributed by atoms with Gasteiger partial charge in [-0.25, -0.2) is 4.79 Å². The van der Waals surface area contributed by atoms with Gasteiger partial charge in [0.05, 0.1) is 58.2 Å². The van der Waals surface area contributed by atoms with E-state index in [4.69, 9.17) is 58.6 Å². The normalized spacial score (nSPS) is 35.8. The number of esters is 1.